The van der Waals surface area contributed by atoms with Gasteiger partial charge in [0.05, 0.1) is 39.6 Å². The average Bonchev–Trinajstić information content (AvgIpc) is 3.25. The van der Waals surface area contributed by atoms with Gasteiger partial charge in [-0.05, 0) is 62.8 Å². The van der Waals surface area contributed by atoms with E-state index < -0.39 is 23.6 Å². The van der Waals surface area contributed by atoms with Crippen LogP contribution in [-0.2, 0) is 9.59 Å². The summed E-state index contributed by atoms with van der Waals surface area (Å²) in [6, 6.07) is 6.14. The van der Waals surface area contributed by atoms with E-state index in [0.29, 0.717) is 74.1 Å². The highest BCUT2D eigenvalue weighted by molar-refractivity contribution is 6.35. The molecule has 0 atom stereocenters. The molecule has 0 bridgehead atoms. The fourth-order valence-corrected chi connectivity index (χ4v) is 5.80. The van der Waals surface area contributed by atoms with Gasteiger partial charge >= 0.3 is 11.8 Å². The second kappa shape index (κ2) is 32.0. The molecule has 0 aliphatic heterocycles. The second-order valence-corrected chi connectivity index (χ2v) is 14.8. The zero-order valence-electron chi connectivity index (χ0n) is 37.4. The van der Waals surface area contributed by atoms with Crippen molar-refractivity contribution in [3.8, 4) is 34.5 Å². The van der Waals surface area contributed by atoms with E-state index in [-0.39, 0.29) is 11.1 Å². The van der Waals surface area contributed by atoms with Crippen molar-refractivity contribution >= 4 is 23.6 Å². The maximum absolute atomic E-state index is 13.4. The Morgan fingerprint density at radius 3 is 0.817 bits per heavy atom. The van der Waals surface area contributed by atoms with E-state index in [2.05, 4.69) is 63.2 Å². The molecule has 2 aromatic carbocycles. The third-order valence-electron chi connectivity index (χ3n) is 9.36. The SMILES string of the molecule is CCCCCOc1cc(C(=O)NNC(=O)C(=O)NNC(=O)c2cc(OCCCCC)c(OCCCCC)c(OCCCCC)c2)cc(OCCCCC)c1OCCCCC. The van der Waals surface area contributed by atoms with Crippen LogP contribution in [0.25, 0.3) is 0 Å². The van der Waals surface area contributed by atoms with Crippen LogP contribution in [0.2, 0.25) is 0 Å². The number of hydrazine groups is 2. The molecular formula is C46H74N4O10. The van der Waals surface area contributed by atoms with Crippen LogP contribution in [0.5, 0.6) is 34.5 Å². The summed E-state index contributed by atoms with van der Waals surface area (Å²) in [5.41, 5.74) is 9.03. The van der Waals surface area contributed by atoms with E-state index in [1.165, 1.54) is 24.3 Å². The minimum Gasteiger partial charge on any atom is -0.490 e. The van der Waals surface area contributed by atoms with Crippen LogP contribution in [0, 0.1) is 0 Å². The molecule has 0 heterocycles. The van der Waals surface area contributed by atoms with Crippen molar-refractivity contribution in [3.05, 3.63) is 35.4 Å². The molecular weight excluding hydrogens is 769 g/mol. The Morgan fingerprint density at radius 1 is 0.350 bits per heavy atom. The van der Waals surface area contributed by atoms with Gasteiger partial charge in [0.1, 0.15) is 0 Å². The lowest BCUT2D eigenvalue weighted by Crippen LogP contribution is -2.52. The maximum atomic E-state index is 13.4. The van der Waals surface area contributed by atoms with Gasteiger partial charge in [-0.15, -0.1) is 0 Å². The molecule has 0 aliphatic rings. The molecule has 0 unspecified atom stereocenters. The number of amides is 4. The maximum Gasteiger partial charge on any atom is 0.329 e. The van der Waals surface area contributed by atoms with Crippen molar-refractivity contribution in [2.24, 2.45) is 0 Å². The first-order valence-corrected chi connectivity index (χ1v) is 22.6. The Hall–Kier alpha value is -4.88. The number of rotatable bonds is 32. The number of carbonyl (C=O) groups excluding carboxylic acids is 4. The molecule has 338 valence electrons. The smallest absolute Gasteiger partial charge is 0.329 e. The standard InChI is InChI=1S/C46H74N4O10/c1-7-13-19-25-55-37-31-35(32-38(56-26-20-14-8-2)41(37)59-29-23-17-11-5)43(51)47-49-45(53)46(54)50-48-44(52)36-33-39(57-27-21-15-9-3)42(60-30-24-18-12-6)40(34-36)58-28-22-16-10-4/h31-34H,7-30H2,1-6H3,(H,47,51)(H,48,52)(H,49,53)(H,50,54). The first-order chi connectivity index (χ1) is 29.2. The Balaban J connectivity index is 2.22. The first kappa shape index (κ1) is 51.3. The fourth-order valence-electron chi connectivity index (χ4n) is 5.80. The lowest BCUT2D eigenvalue weighted by Gasteiger charge is -2.19. The van der Waals surface area contributed by atoms with Gasteiger partial charge in [0, 0.05) is 11.1 Å². The van der Waals surface area contributed by atoms with Gasteiger partial charge in [-0.3, -0.25) is 40.9 Å². The first-order valence-electron chi connectivity index (χ1n) is 22.6. The minimum absolute atomic E-state index is 0.124. The van der Waals surface area contributed by atoms with E-state index in [9.17, 15) is 19.2 Å². The molecule has 0 radical (unpaired) electrons. The normalized spacial score (nSPS) is 10.7. The Kier molecular flexibility index (Phi) is 27.3. The molecule has 0 saturated heterocycles. The molecule has 4 N–H and O–H groups in total. The summed E-state index contributed by atoms with van der Waals surface area (Å²) in [6.07, 6.45) is 17.0. The molecule has 2 aromatic rings. The van der Waals surface area contributed by atoms with E-state index in [4.69, 9.17) is 28.4 Å². The van der Waals surface area contributed by atoms with Crippen molar-refractivity contribution in [3.63, 3.8) is 0 Å². The summed E-state index contributed by atoms with van der Waals surface area (Å²) in [5, 5.41) is 0. The summed E-state index contributed by atoms with van der Waals surface area (Å²) >= 11 is 0. The number of nitrogens with one attached hydrogen (secondary N) is 4. The number of ether oxygens (including phenoxy) is 6. The van der Waals surface area contributed by atoms with Crippen LogP contribution < -0.4 is 50.1 Å². The van der Waals surface area contributed by atoms with Crippen LogP contribution >= 0.6 is 0 Å². The van der Waals surface area contributed by atoms with E-state index in [1.54, 1.807) is 0 Å². The number of hydrogen-bond acceptors (Lipinski definition) is 10. The highest BCUT2D eigenvalue weighted by Crippen LogP contribution is 2.41. The van der Waals surface area contributed by atoms with Crippen molar-refractivity contribution in [2.75, 3.05) is 39.6 Å². The quantitative estimate of drug-likeness (QED) is 0.0316. The van der Waals surface area contributed by atoms with Crippen molar-refractivity contribution in [1.29, 1.82) is 0 Å². The Bertz CT molecular complexity index is 1370. The van der Waals surface area contributed by atoms with Crippen molar-refractivity contribution in [1.82, 2.24) is 21.7 Å². The summed E-state index contributed by atoms with van der Waals surface area (Å²) < 4.78 is 36.8. The van der Waals surface area contributed by atoms with E-state index >= 15 is 0 Å². The summed E-state index contributed by atoms with van der Waals surface area (Å²) in [4.78, 5) is 52.4. The summed E-state index contributed by atoms with van der Waals surface area (Å²) in [5.74, 6) is -1.61. The van der Waals surface area contributed by atoms with Gasteiger partial charge in [-0.25, -0.2) is 0 Å². The molecule has 0 fully saturated rings. The zero-order chi connectivity index (χ0) is 43.8. The third kappa shape index (κ3) is 19.9. The lowest BCUT2D eigenvalue weighted by molar-refractivity contribution is -0.140. The van der Waals surface area contributed by atoms with Gasteiger partial charge in [0.2, 0.25) is 11.5 Å². The fraction of sp³-hybridized carbons (Fsp3) is 0.652. The van der Waals surface area contributed by atoms with E-state index in [1.807, 2.05) is 0 Å². The Morgan fingerprint density at radius 2 is 0.583 bits per heavy atom. The molecule has 14 nitrogen and oxygen atoms in total. The highest BCUT2D eigenvalue weighted by Gasteiger charge is 2.23. The predicted molar refractivity (Wildman–Crippen MR) is 234 cm³/mol. The predicted octanol–water partition coefficient (Wildman–Crippen LogP) is 9.32. The van der Waals surface area contributed by atoms with Crippen LogP contribution in [0.15, 0.2) is 24.3 Å². The molecule has 0 aliphatic carbocycles. The van der Waals surface area contributed by atoms with Gasteiger partial charge in [-0.2, -0.15) is 0 Å². The van der Waals surface area contributed by atoms with Crippen LogP contribution in [0.4, 0.5) is 0 Å². The van der Waals surface area contributed by atoms with Crippen molar-refractivity contribution < 1.29 is 47.6 Å². The molecule has 14 heteroatoms. The number of unbranched alkanes of at least 4 members (excludes halogenated alkanes) is 12. The summed E-state index contributed by atoms with van der Waals surface area (Å²) in [6.45, 7) is 15.2. The lowest BCUT2D eigenvalue weighted by atomic mass is 10.1. The van der Waals surface area contributed by atoms with Crippen LogP contribution in [0.3, 0.4) is 0 Å². The zero-order valence-corrected chi connectivity index (χ0v) is 37.4. The van der Waals surface area contributed by atoms with E-state index in [0.717, 1.165) is 116 Å². The van der Waals surface area contributed by atoms with Gasteiger partial charge in [0.15, 0.2) is 23.0 Å². The molecule has 4 amide bonds. The average molecular weight is 843 g/mol. The molecule has 60 heavy (non-hydrogen) atoms. The van der Waals surface area contributed by atoms with Gasteiger partial charge in [0.25, 0.3) is 11.8 Å². The number of benzene rings is 2. The summed E-state index contributed by atoms with van der Waals surface area (Å²) in [7, 11) is 0. The minimum atomic E-state index is -1.22. The van der Waals surface area contributed by atoms with Gasteiger partial charge < -0.3 is 28.4 Å². The molecule has 0 saturated carbocycles. The molecule has 2 rings (SSSR count). The molecule has 0 aromatic heterocycles. The number of hydrogen-bond donors (Lipinski definition) is 4. The third-order valence-corrected chi connectivity index (χ3v) is 9.36. The van der Waals surface area contributed by atoms with Crippen LogP contribution in [0.1, 0.15) is 178 Å². The monoisotopic (exact) mass is 843 g/mol. The van der Waals surface area contributed by atoms with Crippen molar-refractivity contribution in [2.45, 2.75) is 157 Å². The topological polar surface area (TPSA) is 172 Å². The largest absolute Gasteiger partial charge is 0.490 e. The van der Waals surface area contributed by atoms with Crippen LogP contribution in [-0.4, -0.2) is 63.3 Å². The Labute approximate surface area is 358 Å². The highest BCUT2D eigenvalue weighted by atomic mass is 16.5. The molecule has 0 spiro atoms. The number of carbonyl (C=O) groups is 4. The second-order valence-electron chi connectivity index (χ2n) is 14.8. The van der Waals surface area contributed by atoms with Gasteiger partial charge in [-0.1, -0.05) is 119 Å².